The average Bonchev–Trinajstić information content (AvgIpc) is 2.45. The van der Waals surface area contributed by atoms with Gasteiger partial charge in [0.25, 0.3) is 0 Å². The third-order valence-electron chi connectivity index (χ3n) is 2.77. The topological polar surface area (TPSA) is 67.3 Å². The van der Waals surface area contributed by atoms with Gasteiger partial charge in [-0.3, -0.25) is 0 Å². The van der Waals surface area contributed by atoms with E-state index in [0.29, 0.717) is 12.5 Å². The van der Waals surface area contributed by atoms with E-state index < -0.39 is 0 Å². The summed E-state index contributed by atoms with van der Waals surface area (Å²) in [7, 11) is 1.66. The van der Waals surface area contributed by atoms with E-state index >= 15 is 0 Å². The lowest BCUT2D eigenvalue weighted by molar-refractivity contribution is 0.311. The minimum Gasteiger partial charge on any atom is -0.496 e. The Bertz CT molecular complexity index is 541. The fourth-order valence-electron chi connectivity index (χ4n) is 1.79. The van der Waals surface area contributed by atoms with Crippen LogP contribution < -0.4 is 10.1 Å². The number of aliphatic hydroxyl groups is 1. The first-order chi connectivity index (χ1) is 9.24. The van der Waals surface area contributed by atoms with Crippen molar-refractivity contribution in [3.8, 4) is 16.9 Å². The van der Waals surface area contributed by atoms with Crippen molar-refractivity contribution in [3.63, 3.8) is 0 Å². The number of methoxy groups -OCH3 is 1. The lowest BCUT2D eigenvalue weighted by Crippen LogP contribution is -2.08. The number of nitrogens with zero attached hydrogens (tertiary/aromatic N) is 2. The molecule has 19 heavy (non-hydrogen) atoms. The summed E-state index contributed by atoms with van der Waals surface area (Å²) >= 11 is 0. The van der Waals surface area contributed by atoms with E-state index in [4.69, 9.17) is 9.84 Å². The van der Waals surface area contributed by atoms with Gasteiger partial charge in [0, 0.05) is 24.5 Å². The van der Waals surface area contributed by atoms with E-state index in [1.54, 1.807) is 19.5 Å². The van der Waals surface area contributed by atoms with Gasteiger partial charge in [-0.1, -0.05) is 6.07 Å². The summed E-state index contributed by atoms with van der Waals surface area (Å²) in [4.78, 5) is 8.40. The lowest BCUT2D eigenvalue weighted by atomic mass is 10.1. The molecular weight excluding hydrogens is 242 g/mol. The van der Waals surface area contributed by atoms with E-state index in [2.05, 4.69) is 15.3 Å². The van der Waals surface area contributed by atoms with Crippen molar-refractivity contribution >= 4 is 5.95 Å². The minimum absolute atomic E-state index is 0.0583. The predicted molar refractivity (Wildman–Crippen MR) is 74.3 cm³/mol. The first-order valence-electron chi connectivity index (χ1n) is 6.06. The Labute approximate surface area is 112 Å². The Hall–Kier alpha value is -2.14. The van der Waals surface area contributed by atoms with Crippen molar-refractivity contribution in [2.45, 2.75) is 6.92 Å². The second-order valence-electron chi connectivity index (χ2n) is 4.13. The van der Waals surface area contributed by atoms with Crippen molar-refractivity contribution in [3.05, 3.63) is 36.2 Å². The van der Waals surface area contributed by atoms with Gasteiger partial charge in [0.2, 0.25) is 5.95 Å². The summed E-state index contributed by atoms with van der Waals surface area (Å²) in [6.45, 7) is 2.50. The number of benzene rings is 1. The molecule has 5 nitrogen and oxygen atoms in total. The molecule has 0 aliphatic rings. The van der Waals surface area contributed by atoms with Crippen LogP contribution in [0.2, 0.25) is 0 Å². The predicted octanol–water partition coefficient (Wildman–Crippen LogP) is 1.86. The highest BCUT2D eigenvalue weighted by molar-refractivity contribution is 5.64. The molecule has 1 aromatic heterocycles. The number of ether oxygens (including phenoxy) is 1. The Balaban J connectivity index is 2.19. The number of aryl methyl sites for hydroxylation is 1. The zero-order valence-corrected chi connectivity index (χ0v) is 11.1. The molecule has 0 radical (unpaired) electrons. The molecule has 0 spiro atoms. The van der Waals surface area contributed by atoms with Gasteiger partial charge in [0.1, 0.15) is 5.75 Å². The number of hydrogen-bond donors (Lipinski definition) is 2. The number of rotatable bonds is 5. The van der Waals surface area contributed by atoms with Crippen LogP contribution in [0.5, 0.6) is 5.75 Å². The number of anilines is 1. The van der Waals surface area contributed by atoms with Crippen LogP contribution in [-0.2, 0) is 0 Å². The smallest absolute Gasteiger partial charge is 0.222 e. The Morgan fingerprint density at radius 3 is 2.53 bits per heavy atom. The van der Waals surface area contributed by atoms with Gasteiger partial charge in [-0.25, -0.2) is 9.97 Å². The first-order valence-corrected chi connectivity index (χ1v) is 6.06. The summed E-state index contributed by atoms with van der Waals surface area (Å²) in [6, 6.07) is 5.95. The molecule has 0 fully saturated rings. The molecule has 2 N–H and O–H groups in total. The molecule has 0 aliphatic heterocycles. The van der Waals surface area contributed by atoms with Crippen molar-refractivity contribution in [1.82, 2.24) is 9.97 Å². The molecule has 0 unspecified atom stereocenters. The van der Waals surface area contributed by atoms with Crippen molar-refractivity contribution in [2.24, 2.45) is 0 Å². The van der Waals surface area contributed by atoms with E-state index in [9.17, 15) is 0 Å². The van der Waals surface area contributed by atoms with E-state index in [-0.39, 0.29) is 6.61 Å². The van der Waals surface area contributed by atoms with Crippen LogP contribution in [-0.4, -0.2) is 35.3 Å². The van der Waals surface area contributed by atoms with Crippen LogP contribution in [0.25, 0.3) is 11.1 Å². The lowest BCUT2D eigenvalue weighted by Gasteiger charge is -2.08. The fourth-order valence-corrected chi connectivity index (χ4v) is 1.79. The van der Waals surface area contributed by atoms with Gasteiger partial charge in [-0.05, 0) is 30.2 Å². The van der Waals surface area contributed by atoms with Crippen LogP contribution in [0.1, 0.15) is 5.56 Å². The Morgan fingerprint density at radius 2 is 1.95 bits per heavy atom. The molecule has 1 heterocycles. The standard InChI is InChI=1S/C14H17N3O2/c1-10-7-11(3-4-13(10)19-2)12-8-16-14(17-9-12)15-5-6-18/h3-4,7-9,18H,5-6H2,1-2H3,(H,15,16,17). The summed E-state index contributed by atoms with van der Waals surface area (Å²) in [5, 5.41) is 11.6. The van der Waals surface area contributed by atoms with Crippen LogP contribution in [0, 0.1) is 6.92 Å². The van der Waals surface area contributed by atoms with Gasteiger partial charge in [-0.15, -0.1) is 0 Å². The molecule has 0 atom stereocenters. The first kappa shape index (κ1) is 13.3. The number of nitrogens with one attached hydrogen (secondary N) is 1. The molecule has 2 rings (SSSR count). The summed E-state index contributed by atoms with van der Waals surface area (Å²) in [5.74, 6) is 1.38. The highest BCUT2D eigenvalue weighted by Crippen LogP contribution is 2.25. The van der Waals surface area contributed by atoms with Gasteiger partial charge < -0.3 is 15.2 Å². The zero-order valence-electron chi connectivity index (χ0n) is 11.1. The molecule has 0 saturated heterocycles. The number of hydrogen-bond acceptors (Lipinski definition) is 5. The second-order valence-corrected chi connectivity index (χ2v) is 4.13. The molecule has 1 aromatic carbocycles. The number of aromatic nitrogens is 2. The molecule has 100 valence electrons. The highest BCUT2D eigenvalue weighted by atomic mass is 16.5. The summed E-state index contributed by atoms with van der Waals surface area (Å²) in [5.41, 5.74) is 3.06. The quantitative estimate of drug-likeness (QED) is 0.858. The molecular formula is C14H17N3O2. The number of aliphatic hydroxyl groups excluding tert-OH is 1. The van der Waals surface area contributed by atoms with Gasteiger partial charge >= 0.3 is 0 Å². The van der Waals surface area contributed by atoms with E-state index in [1.165, 1.54) is 0 Å². The van der Waals surface area contributed by atoms with E-state index in [0.717, 1.165) is 22.4 Å². The highest BCUT2D eigenvalue weighted by Gasteiger charge is 2.03. The largest absolute Gasteiger partial charge is 0.496 e. The van der Waals surface area contributed by atoms with Crippen LogP contribution in [0.15, 0.2) is 30.6 Å². The monoisotopic (exact) mass is 259 g/mol. The van der Waals surface area contributed by atoms with Crippen LogP contribution >= 0.6 is 0 Å². The van der Waals surface area contributed by atoms with Gasteiger partial charge in [0.05, 0.1) is 13.7 Å². The Kier molecular flexibility index (Phi) is 4.30. The fraction of sp³-hybridized carbons (Fsp3) is 0.286. The zero-order chi connectivity index (χ0) is 13.7. The van der Waals surface area contributed by atoms with Crippen molar-refractivity contribution < 1.29 is 9.84 Å². The molecule has 2 aromatic rings. The minimum atomic E-state index is 0.0583. The SMILES string of the molecule is COc1ccc(-c2cnc(NCCO)nc2)cc1C. The summed E-state index contributed by atoms with van der Waals surface area (Å²) < 4.78 is 5.23. The molecule has 0 saturated carbocycles. The Morgan fingerprint density at radius 1 is 1.21 bits per heavy atom. The molecule has 0 aliphatic carbocycles. The third-order valence-corrected chi connectivity index (χ3v) is 2.77. The average molecular weight is 259 g/mol. The maximum Gasteiger partial charge on any atom is 0.222 e. The van der Waals surface area contributed by atoms with Crippen molar-refractivity contribution in [1.29, 1.82) is 0 Å². The third kappa shape index (κ3) is 3.20. The molecule has 0 amide bonds. The van der Waals surface area contributed by atoms with Crippen LogP contribution in [0.3, 0.4) is 0 Å². The normalized spacial score (nSPS) is 10.3. The van der Waals surface area contributed by atoms with Crippen LogP contribution in [0.4, 0.5) is 5.95 Å². The van der Waals surface area contributed by atoms with Crippen molar-refractivity contribution in [2.75, 3.05) is 25.6 Å². The molecule has 0 bridgehead atoms. The maximum absolute atomic E-state index is 8.71. The van der Waals surface area contributed by atoms with Gasteiger partial charge in [-0.2, -0.15) is 0 Å². The summed E-state index contributed by atoms with van der Waals surface area (Å²) in [6.07, 6.45) is 3.52. The maximum atomic E-state index is 8.71. The van der Waals surface area contributed by atoms with Gasteiger partial charge in [0.15, 0.2) is 0 Å². The molecule has 5 heteroatoms. The second kappa shape index (κ2) is 6.15. The van der Waals surface area contributed by atoms with E-state index in [1.807, 2.05) is 25.1 Å².